The van der Waals surface area contributed by atoms with Crippen LogP contribution < -0.4 is 10.6 Å². The highest BCUT2D eigenvalue weighted by Crippen LogP contribution is 2.44. The molecule has 0 spiro atoms. The van der Waals surface area contributed by atoms with Gasteiger partial charge in [0, 0.05) is 28.6 Å². The molecular formula is C28H30N2O2S. The lowest BCUT2D eigenvalue weighted by Crippen LogP contribution is -2.41. The molecule has 2 N–H and O–H groups in total. The van der Waals surface area contributed by atoms with Crippen molar-refractivity contribution in [3.63, 3.8) is 0 Å². The summed E-state index contributed by atoms with van der Waals surface area (Å²) in [4.78, 5) is 14.1. The standard InChI is InChI=1S/C28H30N2O2S/c31-28(30-21(17-20-9-8-16-29-20)19-33-22-10-2-1-3-11-22)32-18-27-25-14-6-4-12-23(25)24-13-5-7-15-26(24)27/h1-7,10-15,20-21,27,29H,8-9,16-19H2,(H,30,31)/t20-,21+/m0/s1. The summed E-state index contributed by atoms with van der Waals surface area (Å²) in [6.45, 7) is 1.41. The second-order valence-corrected chi connectivity index (χ2v) is 9.91. The molecule has 1 aliphatic heterocycles. The van der Waals surface area contributed by atoms with Crippen LogP contribution in [0.2, 0.25) is 0 Å². The Hall–Kier alpha value is -2.76. The van der Waals surface area contributed by atoms with Gasteiger partial charge in [-0.25, -0.2) is 4.79 Å². The summed E-state index contributed by atoms with van der Waals surface area (Å²) in [5, 5.41) is 6.72. The number of hydrogen-bond acceptors (Lipinski definition) is 4. The Labute approximate surface area is 200 Å². The van der Waals surface area contributed by atoms with Crippen molar-refractivity contribution in [2.24, 2.45) is 0 Å². The zero-order valence-corrected chi connectivity index (χ0v) is 19.5. The third-order valence-corrected chi connectivity index (χ3v) is 7.77. The Balaban J connectivity index is 1.22. The third kappa shape index (κ3) is 5.26. The summed E-state index contributed by atoms with van der Waals surface area (Å²) in [6, 6.07) is 27.7. The first-order valence-electron chi connectivity index (χ1n) is 11.8. The van der Waals surface area contributed by atoms with E-state index in [0.29, 0.717) is 12.6 Å². The first-order valence-corrected chi connectivity index (χ1v) is 12.8. The van der Waals surface area contributed by atoms with Crippen molar-refractivity contribution in [1.29, 1.82) is 0 Å². The van der Waals surface area contributed by atoms with Gasteiger partial charge in [-0.1, -0.05) is 66.7 Å². The number of ether oxygens (including phenoxy) is 1. The van der Waals surface area contributed by atoms with Gasteiger partial charge in [0.05, 0.1) is 0 Å². The number of carbonyl (C=O) groups is 1. The molecule has 1 amide bonds. The van der Waals surface area contributed by atoms with Crippen molar-refractivity contribution >= 4 is 17.9 Å². The van der Waals surface area contributed by atoms with Crippen LogP contribution in [0.1, 0.15) is 36.3 Å². The van der Waals surface area contributed by atoms with Crippen molar-refractivity contribution in [3.8, 4) is 11.1 Å². The third-order valence-electron chi connectivity index (χ3n) is 6.59. The van der Waals surface area contributed by atoms with Gasteiger partial charge in [-0.2, -0.15) is 0 Å². The highest BCUT2D eigenvalue weighted by atomic mass is 32.2. The van der Waals surface area contributed by atoms with E-state index in [9.17, 15) is 4.79 Å². The summed E-state index contributed by atoms with van der Waals surface area (Å²) < 4.78 is 5.81. The maximum atomic E-state index is 12.9. The number of rotatable bonds is 8. The molecule has 0 bridgehead atoms. The summed E-state index contributed by atoms with van der Waals surface area (Å²) in [7, 11) is 0. The fourth-order valence-electron chi connectivity index (χ4n) is 4.99. The molecule has 3 aromatic rings. The lowest BCUT2D eigenvalue weighted by molar-refractivity contribution is 0.139. The van der Waals surface area contributed by atoms with E-state index in [2.05, 4.69) is 83.4 Å². The van der Waals surface area contributed by atoms with Crippen molar-refractivity contribution in [2.75, 3.05) is 18.9 Å². The van der Waals surface area contributed by atoms with Crippen LogP contribution in [0.25, 0.3) is 11.1 Å². The van der Waals surface area contributed by atoms with Crippen LogP contribution >= 0.6 is 11.8 Å². The number of thioether (sulfide) groups is 1. The van der Waals surface area contributed by atoms with Crippen LogP contribution in [0.4, 0.5) is 4.79 Å². The Morgan fingerprint density at radius 2 is 1.64 bits per heavy atom. The van der Waals surface area contributed by atoms with Gasteiger partial charge in [0.15, 0.2) is 0 Å². The van der Waals surface area contributed by atoms with E-state index >= 15 is 0 Å². The molecule has 0 unspecified atom stereocenters. The molecule has 1 saturated heterocycles. The predicted molar refractivity (Wildman–Crippen MR) is 135 cm³/mol. The quantitative estimate of drug-likeness (QED) is 0.417. The number of amides is 1. The van der Waals surface area contributed by atoms with Crippen LogP contribution in [-0.4, -0.2) is 37.1 Å². The van der Waals surface area contributed by atoms with Crippen LogP contribution in [0, 0.1) is 0 Å². The fraction of sp³-hybridized carbons (Fsp3) is 0.321. The van der Waals surface area contributed by atoms with Gasteiger partial charge in [-0.05, 0) is 60.2 Å². The van der Waals surface area contributed by atoms with Crippen molar-refractivity contribution < 1.29 is 9.53 Å². The number of nitrogens with one attached hydrogen (secondary N) is 2. The maximum absolute atomic E-state index is 12.9. The first kappa shape index (κ1) is 22.1. The average Bonchev–Trinajstić information content (AvgIpc) is 3.48. The zero-order chi connectivity index (χ0) is 22.5. The Morgan fingerprint density at radius 3 is 2.30 bits per heavy atom. The first-order chi connectivity index (χ1) is 16.3. The molecule has 3 aromatic carbocycles. The minimum absolute atomic E-state index is 0.0569. The molecular weight excluding hydrogens is 428 g/mol. The normalized spacial score (nSPS) is 17.9. The van der Waals surface area contributed by atoms with Crippen molar-refractivity contribution in [2.45, 2.75) is 42.2 Å². The smallest absolute Gasteiger partial charge is 0.407 e. The molecule has 0 aromatic heterocycles. The van der Waals surface area contributed by atoms with Gasteiger partial charge >= 0.3 is 6.09 Å². The Kier molecular flexibility index (Phi) is 6.98. The lowest BCUT2D eigenvalue weighted by atomic mass is 9.98. The van der Waals surface area contributed by atoms with E-state index in [1.165, 1.54) is 40.0 Å². The van der Waals surface area contributed by atoms with Crippen LogP contribution in [0.15, 0.2) is 83.8 Å². The largest absolute Gasteiger partial charge is 0.449 e. The molecule has 0 saturated carbocycles. The minimum Gasteiger partial charge on any atom is -0.449 e. The molecule has 33 heavy (non-hydrogen) atoms. The number of benzene rings is 3. The van der Waals surface area contributed by atoms with Gasteiger partial charge in [-0.3, -0.25) is 0 Å². The summed E-state index contributed by atoms with van der Waals surface area (Å²) >= 11 is 1.78. The van der Waals surface area contributed by atoms with Crippen molar-refractivity contribution in [1.82, 2.24) is 10.6 Å². The molecule has 5 heteroatoms. The minimum atomic E-state index is -0.325. The fourth-order valence-corrected chi connectivity index (χ4v) is 5.95. The number of fused-ring (bicyclic) bond motifs is 3. The second kappa shape index (κ2) is 10.4. The SMILES string of the molecule is O=C(N[C@@H](CSc1ccccc1)C[C@@H]1CCCN1)OCC1c2ccccc2-c2ccccc21. The molecule has 0 radical (unpaired) electrons. The monoisotopic (exact) mass is 458 g/mol. The Morgan fingerprint density at radius 1 is 0.970 bits per heavy atom. The average molecular weight is 459 g/mol. The molecule has 1 aliphatic carbocycles. The van der Waals surface area contributed by atoms with E-state index in [1.807, 2.05) is 6.07 Å². The highest BCUT2D eigenvalue weighted by molar-refractivity contribution is 7.99. The summed E-state index contributed by atoms with van der Waals surface area (Å²) in [6.07, 6.45) is 2.96. The van der Waals surface area contributed by atoms with Crippen LogP contribution in [0.3, 0.4) is 0 Å². The molecule has 4 nitrogen and oxygen atoms in total. The number of alkyl carbamates (subject to hydrolysis) is 1. The highest BCUT2D eigenvalue weighted by Gasteiger charge is 2.29. The number of hydrogen-bond donors (Lipinski definition) is 2. The predicted octanol–water partition coefficient (Wildman–Crippen LogP) is 5.83. The van der Waals surface area contributed by atoms with Gasteiger partial charge < -0.3 is 15.4 Å². The molecule has 2 atom stereocenters. The van der Waals surface area contributed by atoms with E-state index in [0.717, 1.165) is 18.7 Å². The zero-order valence-electron chi connectivity index (χ0n) is 18.7. The van der Waals surface area contributed by atoms with Gasteiger partial charge in [-0.15, -0.1) is 11.8 Å². The molecule has 1 heterocycles. The molecule has 1 fully saturated rings. The van der Waals surface area contributed by atoms with E-state index in [4.69, 9.17) is 4.74 Å². The van der Waals surface area contributed by atoms with Crippen molar-refractivity contribution in [3.05, 3.63) is 90.0 Å². The lowest BCUT2D eigenvalue weighted by Gasteiger charge is -2.22. The summed E-state index contributed by atoms with van der Waals surface area (Å²) in [5.41, 5.74) is 4.95. The van der Waals surface area contributed by atoms with Gasteiger partial charge in [0.1, 0.15) is 6.61 Å². The van der Waals surface area contributed by atoms with E-state index < -0.39 is 0 Å². The molecule has 5 rings (SSSR count). The molecule has 170 valence electrons. The number of carbonyl (C=O) groups excluding carboxylic acids is 1. The topological polar surface area (TPSA) is 50.4 Å². The van der Waals surface area contributed by atoms with E-state index in [-0.39, 0.29) is 18.1 Å². The van der Waals surface area contributed by atoms with E-state index in [1.54, 1.807) is 11.8 Å². The van der Waals surface area contributed by atoms with Gasteiger partial charge in [0.2, 0.25) is 0 Å². The maximum Gasteiger partial charge on any atom is 0.407 e. The Bertz CT molecular complexity index is 1040. The molecule has 2 aliphatic rings. The van der Waals surface area contributed by atoms with Gasteiger partial charge in [0.25, 0.3) is 0 Å². The van der Waals surface area contributed by atoms with Crippen LogP contribution in [-0.2, 0) is 4.74 Å². The second-order valence-electron chi connectivity index (χ2n) is 8.82. The summed E-state index contributed by atoms with van der Waals surface area (Å²) in [5.74, 6) is 0.906. The van der Waals surface area contributed by atoms with Crippen LogP contribution in [0.5, 0.6) is 0 Å².